The number of hydrogen-bond acceptors (Lipinski definition) is 4. The lowest BCUT2D eigenvalue weighted by Crippen LogP contribution is -2.31. The molecule has 0 radical (unpaired) electrons. The first kappa shape index (κ1) is 19.2. The number of hydrogen-bond donors (Lipinski definition) is 0. The normalized spacial score (nSPS) is 12.3. The minimum absolute atomic E-state index is 0.124. The van der Waals surface area contributed by atoms with Crippen LogP contribution in [0, 0.1) is 0 Å². The fourth-order valence-corrected chi connectivity index (χ4v) is 3.94. The molecule has 1 aliphatic heterocycles. The first-order valence-corrected chi connectivity index (χ1v) is 10.5. The van der Waals surface area contributed by atoms with Gasteiger partial charge in [0.2, 0.25) is 6.79 Å². The zero-order valence-electron chi connectivity index (χ0n) is 17.1. The van der Waals surface area contributed by atoms with Gasteiger partial charge in [0.25, 0.3) is 5.91 Å². The maximum Gasteiger partial charge on any atom is 0.289 e. The molecule has 5 nitrogen and oxygen atoms in total. The van der Waals surface area contributed by atoms with Crippen molar-refractivity contribution in [1.82, 2.24) is 4.90 Å². The fraction of sp³-hybridized carbons (Fsp3) is 0.192. The van der Waals surface area contributed by atoms with E-state index in [9.17, 15) is 4.79 Å². The van der Waals surface area contributed by atoms with Gasteiger partial charge in [0.1, 0.15) is 5.58 Å². The quantitative estimate of drug-likeness (QED) is 0.405. The highest BCUT2D eigenvalue weighted by Gasteiger charge is 2.24. The van der Waals surface area contributed by atoms with E-state index in [-0.39, 0.29) is 12.7 Å². The van der Waals surface area contributed by atoms with Gasteiger partial charge in [-0.05, 0) is 36.6 Å². The van der Waals surface area contributed by atoms with Crippen molar-refractivity contribution in [2.24, 2.45) is 0 Å². The van der Waals surface area contributed by atoms with E-state index in [4.69, 9.17) is 13.9 Å². The summed E-state index contributed by atoms with van der Waals surface area (Å²) in [6.45, 7) is 1.24. The minimum Gasteiger partial charge on any atom is -0.454 e. The molecule has 0 N–H and O–H groups in total. The van der Waals surface area contributed by atoms with Crippen LogP contribution in [0.25, 0.3) is 11.0 Å². The maximum atomic E-state index is 13.4. The smallest absolute Gasteiger partial charge is 0.289 e. The Kier molecular flexibility index (Phi) is 5.31. The van der Waals surface area contributed by atoms with Gasteiger partial charge in [-0.2, -0.15) is 0 Å². The second kappa shape index (κ2) is 8.56. The number of aryl methyl sites for hydroxylation is 1. The van der Waals surface area contributed by atoms with Crippen molar-refractivity contribution in [3.8, 4) is 11.5 Å². The summed E-state index contributed by atoms with van der Waals surface area (Å²) in [6.07, 6.45) is 1.75. The van der Waals surface area contributed by atoms with Gasteiger partial charge in [-0.3, -0.25) is 4.79 Å². The van der Waals surface area contributed by atoms with Crippen molar-refractivity contribution in [2.75, 3.05) is 13.3 Å². The fourth-order valence-electron chi connectivity index (χ4n) is 3.94. The Hall–Kier alpha value is -3.73. The summed E-state index contributed by atoms with van der Waals surface area (Å²) in [4.78, 5) is 15.3. The molecule has 0 bridgehead atoms. The van der Waals surface area contributed by atoms with Crippen LogP contribution in [0.15, 0.2) is 83.3 Å². The molecule has 5 rings (SSSR count). The predicted molar refractivity (Wildman–Crippen MR) is 118 cm³/mol. The van der Waals surface area contributed by atoms with Crippen molar-refractivity contribution >= 4 is 16.9 Å². The van der Waals surface area contributed by atoms with Gasteiger partial charge in [-0.1, -0.05) is 60.7 Å². The highest BCUT2D eigenvalue weighted by atomic mass is 16.7. The van der Waals surface area contributed by atoms with Gasteiger partial charge < -0.3 is 18.8 Å². The van der Waals surface area contributed by atoms with E-state index >= 15 is 0 Å². The van der Waals surface area contributed by atoms with Crippen molar-refractivity contribution in [3.05, 3.63) is 95.7 Å². The Balaban J connectivity index is 1.39. The molecule has 0 unspecified atom stereocenters. The Morgan fingerprint density at radius 1 is 0.903 bits per heavy atom. The molecule has 4 aromatic rings. The molecule has 1 aliphatic rings. The average molecular weight is 413 g/mol. The molecular weight excluding hydrogens is 390 g/mol. The molecule has 1 amide bonds. The monoisotopic (exact) mass is 413 g/mol. The molecule has 0 aliphatic carbocycles. The van der Waals surface area contributed by atoms with Gasteiger partial charge >= 0.3 is 0 Å². The number of para-hydroxylation sites is 2. The minimum atomic E-state index is -0.124. The Morgan fingerprint density at radius 2 is 1.74 bits per heavy atom. The highest BCUT2D eigenvalue weighted by Crippen LogP contribution is 2.36. The molecule has 5 heteroatoms. The van der Waals surface area contributed by atoms with Crippen molar-refractivity contribution < 1.29 is 18.7 Å². The molecule has 3 aromatic carbocycles. The lowest BCUT2D eigenvalue weighted by atomic mass is 10.1. The van der Waals surface area contributed by atoms with Crippen LogP contribution in [-0.2, 0) is 13.0 Å². The summed E-state index contributed by atoms with van der Waals surface area (Å²) in [5.41, 5.74) is 2.91. The number of ether oxygens (including phenoxy) is 2. The van der Waals surface area contributed by atoms with E-state index < -0.39 is 0 Å². The molecule has 156 valence electrons. The number of carbonyl (C=O) groups excluding carboxylic acids is 1. The van der Waals surface area contributed by atoms with E-state index in [0.29, 0.717) is 30.2 Å². The number of rotatable bonds is 7. The number of carbonyl (C=O) groups is 1. The molecule has 2 heterocycles. The summed E-state index contributed by atoms with van der Waals surface area (Å²) in [5, 5.41) is 0.924. The molecular formula is C26H23NO4. The van der Waals surface area contributed by atoms with Crippen LogP contribution in [0.4, 0.5) is 0 Å². The third kappa shape index (κ3) is 4.12. The number of benzene rings is 3. The topological polar surface area (TPSA) is 51.9 Å². The summed E-state index contributed by atoms with van der Waals surface area (Å²) < 4.78 is 17.0. The van der Waals surface area contributed by atoms with Gasteiger partial charge in [0.15, 0.2) is 17.3 Å². The average Bonchev–Trinajstić information content (AvgIpc) is 3.46. The molecule has 0 spiro atoms. The lowest BCUT2D eigenvalue weighted by Gasteiger charge is -2.22. The molecule has 0 atom stereocenters. The largest absolute Gasteiger partial charge is 0.454 e. The van der Waals surface area contributed by atoms with Crippen LogP contribution in [0.2, 0.25) is 0 Å². The van der Waals surface area contributed by atoms with E-state index in [1.54, 1.807) is 0 Å². The number of furan rings is 1. The Labute approximate surface area is 180 Å². The third-order valence-corrected chi connectivity index (χ3v) is 5.50. The first-order valence-electron chi connectivity index (χ1n) is 10.5. The van der Waals surface area contributed by atoms with Crippen molar-refractivity contribution in [3.63, 3.8) is 0 Å². The highest BCUT2D eigenvalue weighted by molar-refractivity contribution is 5.96. The van der Waals surface area contributed by atoms with Crippen LogP contribution < -0.4 is 9.47 Å². The van der Waals surface area contributed by atoms with Crippen LogP contribution in [0.1, 0.15) is 28.1 Å². The summed E-state index contributed by atoms with van der Waals surface area (Å²) in [7, 11) is 0. The zero-order valence-corrected chi connectivity index (χ0v) is 17.1. The molecule has 1 aromatic heterocycles. The third-order valence-electron chi connectivity index (χ3n) is 5.50. The summed E-state index contributed by atoms with van der Waals surface area (Å²) >= 11 is 0. The summed E-state index contributed by atoms with van der Waals surface area (Å²) in [5.74, 6) is 1.66. The lowest BCUT2D eigenvalue weighted by molar-refractivity contribution is 0.0710. The molecule has 0 saturated heterocycles. The Morgan fingerprint density at radius 3 is 2.61 bits per heavy atom. The van der Waals surface area contributed by atoms with Crippen LogP contribution in [-0.4, -0.2) is 24.1 Å². The van der Waals surface area contributed by atoms with E-state index in [1.807, 2.05) is 71.6 Å². The zero-order chi connectivity index (χ0) is 21.0. The number of amides is 1. The van der Waals surface area contributed by atoms with Crippen molar-refractivity contribution in [2.45, 2.75) is 19.4 Å². The number of fused-ring (bicyclic) bond motifs is 2. The predicted octanol–water partition coefficient (Wildman–Crippen LogP) is 5.44. The van der Waals surface area contributed by atoms with Crippen LogP contribution in [0.3, 0.4) is 0 Å². The molecule has 0 fully saturated rings. The molecule has 31 heavy (non-hydrogen) atoms. The van der Waals surface area contributed by atoms with Crippen LogP contribution >= 0.6 is 0 Å². The SMILES string of the molecule is O=C(c1cc2ccccc2o1)N(CCCc1ccccc1)Cc1cccc2c1OCO2. The first-order chi connectivity index (χ1) is 15.3. The second-order valence-corrected chi connectivity index (χ2v) is 7.62. The van der Waals surface area contributed by atoms with E-state index in [1.165, 1.54) is 5.56 Å². The summed E-state index contributed by atoms with van der Waals surface area (Å²) in [6, 6.07) is 25.6. The number of nitrogens with zero attached hydrogens (tertiary/aromatic N) is 1. The maximum absolute atomic E-state index is 13.4. The Bertz CT molecular complexity index is 1170. The van der Waals surface area contributed by atoms with Gasteiger partial charge in [-0.25, -0.2) is 0 Å². The van der Waals surface area contributed by atoms with E-state index in [0.717, 1.165) is 29.5 Å². The van der Waals surface area contributed by atoms with E-state index in [2.05, 4.69) is 12.1 Å². The van der Waals surface area contributed by atoms with Crippen LogP contribution in [0.5, 0.6) is 11.5 Å². The standard InChI is InChI=1S/C26H23NO4/c28-26(24-16-20-11-4-5-13-22(20)31-24)27(15-7-10-19-8-2-1-3-9-19)17-21-12-6-14-23-25(21)30-18-29-23/h1-6,8-9,11-14,16H,7,10,15,17-18H2. The van der Waals surface area contributed by atoms with Gasteiger partial charge in [0.05, 0.1) is 0 Å². The molecule has 0 saturated carbocycles. The van der Waals surface area contributed by atoms with Gasteiger partial charge in [-0.15, -0.1) is 0 Å². The second-order valence-electron chi connectivity index (χ2n) is 7.62. The van der Waals surface area contributed by atoms with Gasteiger partial charge in [0, 0.05) is 24.0 Å². The van der Waals surface area contributed by atoms with Crippen molar-refractivity contribution in [1.29, 1.82) is 0 Å².